The summed E-state index contributed by atoms with van der Waals surface area (Å²) < 4.78 is 10.7. The van der Waals surface area contributed by atoms with Gasteiger partial charge in [-0.3, -0.25) is 0 Å². The zero-order valence-electron chi connectivity index (χ0n) is 13.6. The minimum Gasteiger partial charge on any atom is -0.382 e. The van der Waals surface area contributed by atoms with E-state index in [-0.39, 0.29) is 0 Å². The predicted molar refractivity (Wildman–Crippen MR) is 91.5 cm³/mol. The number of nitrogens with one attached hydrogen (secondary N) is 1. The van der Waals surface area contributed by atoms with Crippen LogP contribution >= 0.6 is 11.3 Å². The molecule has 0 spiro atoms. The Labute approximate surface area is 137 Å². The number of hydrogen-bond donors (Lipinski definition) is 1. The molecule has 1 unspecified atom stereocenters. The first-order valence-electron chi connectivity index (χ1n) is 7.95. The highest BCUT2D eigenvalue weighted by molar-refractivity contribution is 7.09. The third-order valence-corrected chi connectivity index (χ3v) is 4.53. The third kappa shape index (κ3) is 5.59. The first-order chi connectivity index (χ1) is 10.8. The van der Waals surface area contributed by atoms with E-state index in [1.54, 1.807) is 18.4 Å². The smallest absolute Gasteiger partial charge is 0.194 e. The van der Waals surface area contributed by atoms with Crippen LogP contribution in [0.1, 0.15) is 18.2 Å². The number of methoxy groups -OCH3 is 1. The first kappa shape index (κ1) is 17.2. The molecule has 0 amide bonds. The van der Waals surface area contributed by atoms with Crippen molar-refractivity contribution in [2.75, 3.05) is 46.6 Å². The van der Waals surface area contributed by atoms with Crippen molar-refractivity contribution in [2.24, 2.45) is 10.9 Å². The minimum absolute atomic E-state index is 0.586. The van der Waals surface area contributed by atoms with Crippen LogP contribution in [0.25, 0.3) is 0 Å². The van der Waals surface area contributed by atoms with Crippen molar-refractivity contribution < 1.29 is 9.47 Å². The maximum atomic E-state index is 5.65. The predicted octanol–water partition coefficient (Wildman–Crippen LogP) is 2.20. The number of nitrogens with zero attached hydrogens (tertiary/aromatic N) is 2. The molecule has 22 heavy (non-hydrogen) atoms. The number of hydrogen-bond acceptors (Lipinski definition) is 4. The molecule has 0 radical (unpaired) electrons. The number of rotatable bonds is 8. The lowest BCUT2D eigenvalue weighted by molar-refractivity contribution is 0.0536. The monoisotopic (exact) mass is 325 g/mol. The van der Waals surface area contributed by atoms with Crippen LogP contribution in [0.2, 0.25) is 0 Å². The van der Waals surface area contributed by atoms with Crippen LogP contribution in [-0.2, 0) is 16.0 Å². The van der Waals surface area contributed by atoms with Crippen LogP contribution < -0.4 is 5.32 Å². The summed E-state index contributed by atoms with van der Waals surface area (Å²) in [5.41, 5.74) is 0. The van der Waals surface area contributed by atoms with Gasteiger partial charge in [-0.1, -0.05) is 6.07 Å². The van der Waals surface area contributed by atoms with Gasteiger partial charge in [0.2, 0.25) is 0 Å². The molecule has 1 aliphatic heterocycles. The standard InChI is InChI=1S/C16H27N3O2S/c1-3-17-16(18-11-15-5-4-10-22-15)19-7-6-14(12-19)13-21-9-8-20-2/h4-5,10,14H,3,6-9,11-13H2,1-2H3,(H,17,18). The van der Waals surface area contributed by atoms with E-state index >= 15 is 0 Å². The highest BCUT2D eigenvalue weighted by Gasteiger charge is 2.24. The Balaban J connectivity index is 1.80. The number of thiophene rings is 1. The Hall–Kier alpha value is -1.11. The molecule has 1 N–H and O–H groups in total. The molecule has 1 saturated heterocycles. The summed E-state index contributed by atoms with van der Waals surface area (Å²) in [5.74, 6) is 1.61. The van der Waals surface area contributed by atoms with Crippen molar-refractivity contribution in [1.29, 1.82) is 0 Å². The molecule has 0 aliphatic carbocycles. The average molecular weight is 325 g/mol. The Bertz CT molecular complexity index is 437. The molecule has 1 aromatic rings. The number of aliphatic imine (C=N–C) groups is 1. The van der Waals surface area contributed by atoms with Crippen molar-refractivity contribution in [3.63, 3.8) is 0 Å². The SMILES string of the molecule is CCNC(=NCc1cccs1)N1CCC(COCCOC)C1. The second kappa shape index (κ2) is 9.82. The molecule has 1 atom stereocenters. The average Bonchev–Trinajstić information content (AvgIpc) is 3.19. The van der Waals surface area contributed by atoms with Crippen LogP contribution in [0.3, 0.4) is 0 Å². The summed E-state index contributed by atoms with van der Waals surface area (Å²) in [5, 5.41) is 5.50. The number of guanidine groups is 1. The van der Waals surface area contributed by atoms with Crippen LogP contribution in [-0.4, -0.2) is 57.4 Å². The number of ether oxygens (including phenoxy) is 2. The lowest BCUT2D eigenvalue weighted by Gasteiger charge is -2.21. The molecule has 1 aromatic heterocycles. The largest absolute Gasteiger partial charge is 0.382 e. The maximum Gasteiger partial charge on any atom is 0.194 e. The van der Waals surface area contributed by atoms with E-state index in [0.717, 1.165) is 45.2 Å². The van der Waals surface area contributed by atoms with Crippen LogP contribution in [0.15, 0.2) is 22.5 Å². The molecule has 124 valence electrons. The van der Waals surface area contributed by atoms with Gasteiger partial charge >= 0.3 is 0 Å². The maximum absolute atomic E-state index is 5.65. The Morgan fingerprint density at radius 2 is 2.41 bits per heavy atom. The van der Waals surface area contributed by atoms with Crippen molar-refractivity contribution in [3.8, 4) is 0 Å². The van der Waals surface area contributed by atoms with Gasteiger partial charge in [0.1, 0.15) is 0 Å². The normalized spacial score (nSPS) is 18.9. The van der Waals surface area contributed by atoms with Gasteiger partial charge < -0.3 is 19.7 Å². The van der Waals surface area contributed by atoms with E-state index < -0.39 is 0 Å². The van der Waals surface area contributed by atoms with Gasteiger partial charge in [0.05, 0.1) is 26.4 Å². The van der Waals surface area contributed by atoms with E-state index in [9.17, 15) is 0 Å². The van der Waals surface area contributed by atoms with Gasteiger partial charge in [-0.2, -0.15) is 0 Å². The minimum atomic E-state index is 0.586. The number of likely N-dealkylation sites (tertiary alicyclic amines) is 1. The highest BCUT2D eigenvalue weighted by atomic mass is 32.1. The second-order valence-corrected chi connectivity index (χ2v) is 6.45. The molecule has 5 nitrogen and oxygen atoms in total. The van der Waals surface area contributed by atoms with Crippen molar-refractivity contribution in [1.82, 2.24) is 10.2 Å². The summed E-state index contributed by atoms with van der Waals surface area (Å²) in [7, 11) is 1.70. The van der Waals surface area contributed by atoms with Gasteiger partial charge in [-0.05, 0) is 24.8 Å². The van der Waals surface area contributed by atoms with Crippen LogP contribution in [0.5, 0.6) is 0 Å². The molecule has 6 heteroatoms. The fourth-order valence-electron chi connectivity index (χ4n) is 2.53. The zero-order chi connectivity index (χ0) is 15.6. The van der Waals surface area contributed by atoms with E-state index in [0.29, 0.717) is 19.1 Å². The summed E-state index contributed by atoms with van der Waals surface area (Å²) in [6, 6.07) is 4.21. The first-order valence-corrected chi connectivity index (χ1v) is 8.83. The molecule has 0 aromatic carbocycles. The molecule has 1 aliphatic rings. The van der Waals surface area contributed by atoms with Gasteiger partial charge in [0.25, 0.3) is 0 Å². The third-order valence-electron chi connectivity index (χ3n) is 3.67. The Morgan fingerprint density at radius 1 is 1.50 bits per heavy atom. The summed E-state index contributed by atoms with van der Waals surface area (Å²) in [6.45, 7) is 7.99. The molecule has 0 saturated carbocycles. The summed E-state index contributed by atoms with van der Waals surface area (Å²) >= 11 is 1.76. The lowest BCUT2D eigenvalue weighted by Crippen LogP contribution is -2.40. The van der Waals surface area contributed by atoms with E-state index in [4.69, 9.17) is 14.5 Å². The Morgan fingerprint density at radius 3 is 3.14 bits per heavy atom. The molecule has 2 heterocycles. The van der Waals surface area contributed by atoms with Crippen LogP contribution in [0.4, 0.5) is 0 Å². The quantitative estimate of drug-likeness (QED) is 0.452. The van der Waals surface area contributed by atoms with E-state index in [1.807, 2.05) is 0 Å². The van der Waals surface area contributed by atoms with Gasteiger partial charge in [-0.25, -0.2) is 4.99 Å². The van der Waals surface area contributed by atoms with Crippen molar-refractivity contribution in [3.05, 3.63) is 22.4 Å². The molecule has 0 bridgehead atoms. The van der Waals surface area contributed by atoms with Crippen molar-refractivity contribution in [2.45, 2.75) is 19.9 Å². The lowest BCUT2D eigenvalue weighted by atomic mass is 10.1. The molecular formula is C16H27N3O2S. The van der Waals surface area contributed by atoms with E-state index in [1.165, 1.54) is 4.88 Å². The molecule has 1 fully saturated rings. The van der Waals surface area contributed by atoms with E-state index in [2.05, 4.69) is 34.7 Å². The van der Waals surface area contributed by atoms with Crippen molar-refractivity contribution >= 4 is 17.3 Å². The van der Waals surface area contributed by atoms with Gasteiger partial charge in [0, 0.05) is 37.5 Å². The second-order valence-electron chi connectivity index (χ2n) is 5.42. The van der Waals surface area contributed by atoms with Crippen LogP contribution in [0, 0.1) is 5.92 Å². The Kier molecular flexibility index (Phi) is 7.70. The fourth-order valence-corrected chi connectivity index (χ4v) is 3.16. The van der Waals surface area contributed by atoms with Gasteiger partial charge in [0.15, 0.2) is 5.96 Å². The summed E-state index contributed by atoms with van der Waals surface area (Å²) in [4.78, 5) is 8.41. The summed E-state index contributed by atoms with van der Waals surface area (Å²) in [6.07, 6.45) is 1.16. The fraction of sp³-hybridized carbons (Fsp3) is 0.688. The zero-order valence-corrected chi connectivity index (χ0v) is 14.4. The topological polar surface area (TPSA) is 46.1 Å². The molecular weight excluding hydrogens is 298 g/mol. The highest BCUT2D eigenvalue weighted by Crippen LogP contribution is 2.17. The van der Waals surface area contributed by atoms with Gasteiger partial charge in [-0.15, -0.1) is 11.3 Å². The molecule has 2 rings (SSSR count).